The number of rotatable bonds is 3. The first kappa shape index (κ1) is 13.7. The molecule has 0 spiro atoms. The first-order valence-corrected chi connectivity index (χ1v) is 7.35. The van der Waals surface area contributed by atoms with Gasteiger partial charge in [0.05, 0.1) is 40.4 Å². The predicted molar refractivity (Wildman–Crippen MR) is 84.5 cm³/mol. The summed E-state index contributed by atoms with van der Waals surface area (Å²) >= 11 is 15.5. The molecule has 0 fully saturated rings. The van der Waals surface area contributed by atoms with E-state index in [0.717, 1.165) is 21.6 Å². The summed E-state index contributed by atoms with van der Waals surface area (Å²) in [6.45, 7) is 0.581. The van der Waals surface area contributed by atoms with Crippen molar-refractivity contribution in [1.29, 1.82) is 0 Å². The molecule has 0 aliphatic rings. The number of nitrogens with zero attached hydrogens (tertiary/aromatic N) is 3. The van der Waals surface area contributed by atoms with Crippen LogP contribution in [0.2, 0.25) is 10.0 Å². The molecule has 2 heterocycles. The molecule has 0 radical (unpaired) electrons. The second-order valence-corrected chi connectivity index (χ2v) is 5.74. The van der Waals surface area contributed by atoms with Gasteiger partial charge in [0.15, 0.2) is 5.65 Å². The Morgan fingerprint density at radius 3 is 2.90 bits per heavy atom. The van der Waals surface area contributed by atoms with Crippen molar-refractivity contribution in [3.8, 4) is 0 Å². The number of hydrogen-bond donors (Lipinski definition) is 1. The Labute approximate surface area is 133 Å². The minimum absolute atomic E-state index is 0.519. The molecule has 0 amide bonds. The standard InChI is InChI=1S/C13H9BrCl2N4/c14-11-7-20-8(5-19-12(20)6-18-11)4-17-10-3-1-2-9(15)13(10)16/h1-3,5-7,17H,4H2. The largest absolute Gasteiger partial charge is 0.378 e. The zero-order chi connectivity index (χ0) is 14.1. The van der Waals surface area contributed by atoms with Crippen molar-refractivity contribution in [2.24, 2.45) is 0 Å². The van der Waals surface area contributed by atoms with Crippen molar-refractivity contribution >= 4 is 50.5 Å². The van der Waals surface area contributed by atoms with E-state index in [4.69, 9.17) is 23.2 Å². The van der Waals surface area contributed by atoms with Gasteiger partial charge in [0.1, 0.15) is 4.60 Å². The molecular formula is C13H9BrCl2N4. The Hall–Kier alpha value is -1.30. The Morgan fingerprint density at radius 1 is 1.20 bits per heavy atom. The van der Waals surface area contributed by atoms with Crippen LogP contribution in [0.1, 0.15) is 5.69 Å². The summed E-state index contributed by atoms with van der Waals surface area (Å²) in [5.74, 6) is 0. The first-order chi connectivity index (χ1) is 9.65. The molecule has 0 aliphatic carbocycles. The Bertz CT molecular complexity index is 772. The summed E-state index contributed by atoms with van der Waals surface area (Å²) in [7, 11) is 0. The van der Waals surface area contributed by atoms with E-state index in [1.165, 1.54) is 0 Å². The summed E-state index contributed by atoms with van der Waals surface area (Å²) in [6, 6.07) is 5.49. The van der Waals surface area contributed by atoms with E-state index in [1.54, 1.807) is 18.5 Å². The van der Waals surface area contributed by atoms with Crippen molar-refractivity contribution in [2.45, 2.75) is 6.54 Å². The van der Waals surface area contributed by atoms with E-state index in [0.29, 0.717) is 16.6 Å². The molecule has 0 bridgehead atoms. The minimum atomic E-state index is 0.519. The summed E-state index contributed by atoms with van der Waals surface area (Å²) in [4.78, 5) is 8.43. The Morgan fingerprint density at radius 2 is 2.05 bits per heavy atom. The number of anilines is 1. The van der Waals surface area contributed by atoms with Crippen molar-refractivity contribution in [1.82, 2.24) is 14.4 Å². The average molecular weight is 372 g/mol. The third-order valence-corrected chi connectivity index (χ3v) is 4.08. The van der Waals surface area contributed by atoms with Crippen LogP contribution in [0.15, 0.2) is 41.4 Å². The number of fused-ring (bicyclic) bond motifs is 1. The molecule has 0 saturated heterocycles. The van der Waals surface area contributed by atoms with Gasteiger partial charge in [0.2, 0.25) is 0 Å². The quantitative estimate of drug-likeness (QED) is 0.741. The second kappa shape index (κ2) is 5.60. The maximum atomic E-state index is 6.14. The van der Waals surface area contributed by atoms with Crippen LogP contribution in [-0.2, 0) is 6.54 Å². The van der Waals surface area contributed by atoms with E-state index in [9.17, 15) is 0 Å². The molecule has 0 atom stereocenters. The van der Waals surface area contributed by atoms with Gasteiger partial charge in [-0.15, -0.1) is 0 Å². The van der Waals surface area contributed by atoms with Gasteiger partial charge in [0, 0.05) is 6.20 Å². The molecule has 4 nitrogen and oxygen atoms in total. The van der Waals surface area contributed by atoms with Gasteiger partial charge in [-0.2, -0.15) is 0 Å². The topological polar surface area (TPSA) is 42.2 Å². The average Bonchev–Trinajstić information content (AvgIpc) is 2.83. The van der Waals surface area contributed by atoms with E-state index < -0.39 is 0 Å². The fraction of sp³-hybridized carbons (Fsp3) is 0.0769. The van der Waals surface area contributed by atoms with E-state index >= 15 is 0 Å². The number of hydrogen-bond acceptors (Lipinski definition) is 3. The van der Waals surface area contributed by atoms with Gasteiger partial charge < -0.3 is 5.32 Å². The van der Waals surface area contributed by atoms with Crippen LogP contribution in [0, 0.1) is 0 Å². The molecular weight excluding hydrogens is 363 g/mol. The monoisotopic (exact) mass is 370 g/mol. The lowest BCUT2D eigenvalue weighted by molar-refractivity contribution is 0.983. The number of imidazole rings is 1. The Kier molecular flexibility index (Phi) is 3.83. The highest BCUT2D eigenvalue weighted by Crippen LogP contribution is 2.29. The molecule has 0 saturated carbocycles. The smallest absolute Gasteiger partial charge is 0.155 e. The van der Waals surface area contributed by atoms with Crippen LogP contribution in [0.5, 0.6) is 0 Å². The molecule has 3 rings (SSSR count). The first-order valence-electron chi connectivity index (χ1n) is 5.80. The highest BCUT2D eigenvalue weighted by Gasteiger charge is 2.07. The summed E-state index contributed by atoms with van der Waals surface area (Å²) in [5, 5.41) is 4.30. The predicted octanol–water partition coefficient (Wildman–Crippen LogP) is 4.41. The number of aromatic nitrogens is 3. The van der Waals surface area contributed by atoms with Crippen molar-refractivity contribution in [3.05, 3.63) is 57.1 Å². The van der Waals surface area contributed by atoms with Crippen molar-refractivity contribution in [3.63, 3.8) is 0 Å². The molecule has 7 heteroatoms. The van der Waals surface area contributed by atoms with Crippen molar-refractivity contribution in [2.75, 3.05) is 5.32 Å². The molecule has 1 N–H and O–H groups in total. The highest BCUT2D eigenvalue weighted by atomic mass is 79.9. The fourth-order valence-corrected chi connectivity index (χ4v) is 2.55. The van der Waals surface area contributed by atoms with Gasteiger partial charge in [-0.1, -0.05) is 29.3 Å². The molecule has 3 aromatic rings. The van der Waals surface area contributed by atoms with E-state index in [1.807, 2.05) is 22.7 Å². The number of nitrogens with one attached hydrogen (secondary N) is 1. The van der Waals surface area contributed by atoms with Crippen LogP contribution in [0.3, 0.4) is 0 Å². The zero-order valence-electron chi connectivity index (χ0n) is 10.1. The number of halogens is 3. The summed E-state index contributed by atoms with van der Waals surface area (Å²) in [5.41, 5.74) is 2.59. The number of benzene rings is 1. The molecule has 20 heavy (non-hydrogen) atoms. The maximum absolute atomic E-state index is 6.14. The summed E-state index contributed by atoms with van der Waals surface area (Å²) in [6.07, 6.45) is 5.38. The minimum Gasteiger partial charge on any atom is -0.378 e. The van der Waals surface area contributed by atoms with E-state index in [-0.39, 0.29) is 0 Å². The lowest BCUT2D eigenvalue weighted by atomic mass is 10.3. The van der Waals surface area contributed by atoms with Crippen LogP contribution in [-0.4, -0.2) is 14.4 Å². The molecule has 0 aliphatic heterocycles. The van der Waals surface area contributed by atoms with E-state index in [2.05, 4.69) is 31.2 Å². The van der Waals surface area contributed by atoms with Gasteiger partial charge in [-0.25, -0.2) is 9.97 Å². The van der Waals surface area contributed by atoms with Gasteiger partial charge in [0.25, 0.3) is 0 Å². The van der Waals surface area contributed by atoms with Gasteiger partial charge >= 0.3 is 0 Å². The fourth-order valence-electron chi connectivity index (χ4n) is 1.87. The normalized spacial score (nSPS) is 10.9. The molecule has 2 aromatic heterocycles. The van der Waals surface area contributed by atoms with Gasteiger partial charge in [-0.3, -0.25) is 4.40 Å². The second-order valence-electron chi connectivity index (χ2n) is 4.14. The zero-order valence-corrected chi connectivity index (χ0v) is 13.2. The summed E-state index contributed by atoms with van der Waals surface area (Å²) < 4.78 is 2.72. The van der Waals surface area contributed by atoms with Crippen LogP contribution in [0.4, 0.5) is 5.69 Å². The maximum Gasteiger partial charge on any atom is 0.155 e. The van der Waals surface area contributed by atoms with Crippen LogP contribution < -0.4 is 5.32 Å². The molecule has 102 valence electrons. The SMILES string of the molecule is Clc1cccc(NCc2cnc3cnc(Br)cn23)c1Cl. The lowest BCUT2D eigenvalue weighted by Gasteiger charge is -2.09. The van der Waals surface area contributed by atoms with Gasteiger partial charge in [-0.05, 0) is 28.1 Å². The van der Waals surface area contributed by atoms with Crippen molar-refractivity contribution < 1.29 is 0 Å². The third kappa shape index (κ3) is 2.61. The highest BCUT2D eigenvalue weighted by molar-refractivity contribution is 9.10. The lowest BCUT2D eigenvalue weighted by Crippen LogP contribution is -2.03. The van der Waals surface area contributed by atoms with Crippen LogP contribution >= 0.6 is 39.1 Å². The Balaban J connectivity index is 1.87. The molecule has 1 aromatic carbocycles. The third-order valence-electron chi connectivity index (χ3n) is 2.85. The molecule has 0 unspecified atom stereocenters. The van der Waals surface area contributed by atoms with Crippen LogP contribution in [0.25, 0.3) is 5.65 Å².